The van der Waals surface area contributed by atoms with E-state index < -0.39 is 0 Å². The maximum absolute atomic E-state index is 11.5. The van der Waals surface area contributed by atoms with Gasteiger partial charge in [-0.2, -0.15) is 0 Å². The van der Waals surface area contributed by atoms with E-state index in [1.165, 1.54) is 11.3 Å². The van der Waals surface area contributed by atoms with Crippen LogP contribution in [0.15, 0.2) is 15.9 Å². The third-order valence-corrected chi connectivity index (χ3v) is 3.18. The van der Waals surface area contributed by atoms with Gasteiger partial charge in [-0.3, -0.25) is 4.79 Å². The second-order valence-electron chi connectivity index (χ2n) is 3.06. The minimum Gasteiger partial charge on any atom is -0.307 e. The van der Waals surface area contributed by atoms with Crippen LogP contribution in [0.2, 0.25) is 0 Å². The van der Waals surface area contributed by atoms with Crippen LogP contribution in [0.3, 0.4) is 0 Å². The lowest BCUT2D eigenvalue weighted by atomic mass is 10.3. The van der Waals surface area contributed by atoms with Crippen LogP contribution in [0, 0.1) is 0 Å². The first kappa shape index (κ1) is 10.9. The molecule has 4 heteroatoms. The number of rotatable bonds is 4. The highest BCUT2D eigenvalue weighted by Crippen LogP contribution is 2.22. The van der Waals surface area contributed by atoms with Crippen LogP contribution >= 0.6 is 27.3 Å². The summed E-state index contributed by atoms with van der Waals surface area (Å²) in [5, 5.41) is 3.09. The van der Waals surface area contributed by atoms with Gasteiger partial charge in [0.25, 0.3) is 0 Å². The second kappa shape index (κ2) is 4.88. The number of hydrogen-bond acceptors (Lipinski definition) is 3. The zero-order valence-electron chi connectivity index (χ0n) is 7.63. The largest absolute Gasteiger partial charge is 0.307 e. The molecule has 1 heterocycles. The first-order valence-corrected chi connectivity index (χ1v) is 5.72. The molecule has 13 heavy (non-hydrogen) atoms. The summed E-state index contributed by atoms with van der Waals surface area (Å²) in [4.78, 5) is 12.3. The van der Waals surface area contributed by atoms with Gasteiger partial charge in [-0.1, -0.05) is 13.8 Å². The number of carbonyl (C=O) groups is 1. The van der Waals surface area contributed by atoms with Crippen LogP contribution in [-0.4, -0.2) is 18.4 Å². The zero-order chi connectivity index (χ0) is 9.84. The topological polar surface area (TPSA) is 29.1 Å². The van der Waals surface area contributed by atoms with Crippen LogP contribution in [-0.2, 0) is 0 Å². The minimum absolute atomic E-state index is 0.157. The summed E-state index contributed by atoms with van der Waals surface area (Å²) in [6.07, 6.45) is 0. The molecule has 0 aliphatic heterocycles. The fraction of sp³-hybridized carbons (Fsp3) is 0.444. The number of ketones is 1. The molecule has 0 spiro atoms. The third kappa shape index (κ3) is 3.58. The maximum Gasteiger partial charge on any atom is 0.186 e. The lowest BCUT2D eigenvalue weighted by Crippen LogP contribution is -2.28. The highest BCUT2D eigenvalue weighted by Gasteiger charge is 2.08. The van der Waals surface area contributed by atoms with Crippen molar-refractivity contribution in [1.29, 1.82) is 0 Å². The van der Waals surface area contributed by atoms with Gasteiger partial charge in [0, 0.05) is 6.04 Å². The predicted octanol–water partition coefficient (Wildman–Crippen LogP) is 2.69. The average molecular weight is 262 g/mol. The Labute approximate surface area is 90.5 Å². The number of carbonyl (C=O) groups excluding carboxylic acids is 1. The SMILES string of the molecule is CC(C)NCC(=O)c1ccc(Br)s1. The Hall–Kier alpha value is -0.190. The van der Waals surface area contributed by atoms with Crippen molar-refractivity contribution >= 4 is 33.0 Å². The number of halogens is 1. The molecule has 0 fully saturated rings. The van der Waals surface area contributed by atoms with Gasteiger partial charge >= 0.3 is 0 Å². The van der Waals surface area contributed by atoms with Gasteiger partial charge in [0.05, 0.1) is 15.2 Å². The molecule has 1 aromatic rings. The fourth-order valence-electron chi connectivity index (χ4n) is 0.848. The molecule has 0 atom stereocenters. The summed E-state index contributed by atoms with van der Waals surface area (Å²) in [6.45, 7) is 4.47. The van der Waals surface area contributed by atoms with E-state index in [0.717, 1.165) is 8.66 Å². The Morgan fingerprint density at radius 2 is 2.31 bits per heavy atom. The maximum atomic E-state index is 11.5. The molecule has 2 nitrogen and oxygen atoms in total. The fourth-order valence-corrected chi connectivity index (χ4v) is 2.17. The number of thiophene rings is 1. The first-order valence-electron chi connectivity index (χ1n) is 4.11. The van der Waals surface area contributed by atoms with E-state index in [9.17, 15) is 4.79 Å². The van der Waals surface area contributed by atoms with Crippen LogP contribution in [0.4, 0.5) is 0 Å². The summed E-state index contributed by atoms with van der Waals surface area (Å²) in [5.41, 5.74) is 0. The second-order valence-corrected chi connectivity index (χ2v) is 5.53. The summed E-state index contributed by atoms with van der Waals surface area (Å²) in [5.74, 6) is 0.157. The molecule has 0 saturated heterocycles. The van der Waals surface area contributed by atoms with Crippen molar-refractivity contribution in [3.63, 3.8) is 0 Å². The van der Waals surface area contributed by atoms with Crippen molar-refractivity contribution in [1.82, 2.24) is 5.32 Å². The summed E-state index contributed by atoms with van der Waals surface area (Å²) < 4.78 is 1.00. The van der Waals surface area contributed by atoms with E-state index >= 15 is 0 Å². The average Bonchev–Trinajstić information content (AvgIpc) is 2.47. The van der Waals surface area contributed by atoms with Crippen LogP contribution in [0.1, 0.15) is 23.5 Å². The van der Waals surface area contributed by atoms with E-state index in [4.69, 9.17) is 0 Å². The van der Waals surface area contributed by atoms with Crippen LogP contribution in [0.5, 0.6) is 0 Å². The van der Waals surface area contributed by atoms with E-state index in [2.05, 4.69) is 21.2 Å². The Bertz CT molecular complexity index is 296. The van der Waals surface area contributed by atoms with E-state index in [-0.39, 0.29) is 5.78 Å². The Morgan fingerprint density at radius 1 is 1.62 bits per heavy atom. The number of nitrogens with one attached hydrogen (secondary N) is 1. The predicted molar refractivity (Wildman–Crippen MR) is 59.5 cm³/mol. The normalized spacial score (nSPS) is 10.8. The van der Waals surface area contributed by atoms with Crippen LogP contribution in [0.25, 0.3) is 0 Å². The molecule has 1 aromatic heterocycles. The molecule has 0 aliphatic rings. The van der Waals surface area contributed by atoms with E-state index in [1.54, 1.807) is 0 Å². The molecular weight excluding hydrogens is 250 g/mol. The highest BCUT2D eigenvalue weighted by atomic mass is 79.9. The monoisotopic (exact) mass is 261 g/mol. The van der Waals surface area contributed by atoms with Gasteiger partial charge in [0.15, 0.2) is 5.78 Å². The Morgan fingerprint density at radius 3 is 2.77 bits per heavy atom. The zero-order valence-corrected chi connectivity index (χ0v) is 10.0. The van der Waals surface area contributed by atoms with Crippen molar-refractivity contribution in [2.24, 2.45) is 0 Å². The third-order valence-electron chi connectivity index (χ3n) is 1.52. The minimum atomic E-state index is 0.157. The molecule has 0 aromatic carbocycles. The highest BCUT2D eigenvalue weighted by molar-refractivity contribution is 9.11. The Balaban J connectivity index is 2.49. The van der Waals surface area contributed by atoms with Crippen LogP contribution < -0.4 is 5.32 Å². The van der Waals surface area contributed by atoms with E-state index in [0.29, 0.717) is 12.6 Å². The standard InChI is InChI=1S/C9H12BrNOS/c1-6(2)11-5-7(12)8-3-4-9(10)13-8/h3-4,6,11H,5H2,1-2H3. The van der Waals surface area contributed by atoms with Crippen molar-refractivity contribution in [3.05, 3.63) is 20.8 Å². The molecule has 1 rings (SSSR count). The summed E-state index contributed by atoms with van der Waals surface area (Å²) in [7, 11) is 0. The van der Waals surface area contributed by atoms with Crippen molar-refractivity contribution in [2.75, 3.05) is 6.54 Å². The molecule has 72 valence electrons. The van der Waals surface area contributed by atoms with Gasteiger partial charge in [-0.15, -0.1) is 11.3 Å². The van der Waals surface area contributed by atoms with Gasteiger partial charge < -0.3 is 5.32 Å². The molecular formula is C9H12BrNOS. The van der Waals surface area contributed by atoms with Crippen molar-refractivity contribution < 1.29 is 4.79 Å². The first-order chi connectivity index (χ1) is 6.09. The molecule has 0 amide bonds. The lowest BCUT2D eigenvalue weighted by Gasteiger charge is -2.05. The van der Waals surface area contributed by atoms with Gasteiger partial charge in [0.1, 0.15) is 0 Å². The molecule has 0 aliphatic carbocycles. The number of hydrogen-bond donors (Lipinski definition) is 1. The molecule has 0 unspecified atom stereocenters. The van der Waals surface area contributed by atoms with Gasteiger partial charge in [0.2, 0.25) is 0 Å². The van der Waals surface area contributed by atoms with Gasteiger partial charge in [-0.25, -0.2) is 0 Å². The molecule has 0 bridgehead atoms. The Kier molecular flexibility index (Phi) is 4.09. The molecule has 1 N–H and O–H groups in total. The summed E-state index contributed by atoms with van der Waals surface area (Å²) >= 11 is 4.80. The summed E-state index contributed by atoms with van der Waals surface area (Å²) in [6, 6.07) is 4.10. The quantitative estimate of drug-likeness (QED) is 0.845. The lowest BCUT2D eigenvalue weighted by molar-refractivity contribution is 0.0992. The van der Waals surface area contributed by atoms with Crippen molar-refractivity contribution in [3.8, 4) is 0 Å². The van der Waals surface area contributed by atoms with Crippen molar-refractivity contribution in [2.45, 2.75) is 19.9 Å². The van der Waals surface area contributed by atoms with E-state index in [1.807, 2.05) is 26.0 Å². The number of Topliss-reactive ketones (excluding diaryl/α,β-unsaturated/α-hetero) is 1. The van der Waals surface area contributed by atoms with Gasteiger partial charge in [-0.05, 0) is 28.1 Å². The smallest absolute Gasteiger partial charge is 0.186 e. The molecule has 0 radical (unpaired) electrons. The molecule has 0 saturated carbocycles.